The monoisotopic (exact) mass is 287 g/mol. The lowest BCUT2D eigenvalue weighted by Crippen LogP contribution is -2.27. The number of para-hydroxylation sites is 1. The number of aromatic hydroxyl groups is 1. The Balaban J connectivity index is 2.54. The number of hydrogen-bond acceptors (Lipinski definition) is 4. The second-order valence-electron chi connectivity index (χ2n) is 3.95. The zero-order valence-electron chi connectivity index (χ0n) is 11.0. The molecule has 0 heterocycles. The second kappa shape index (κ2) is 7.86. The van der Waals surface area contributed by atoms with Crippen molar-refractivity contribution in [2.45, 2.75) is 11.8 Å². The second-order valence-corrected chi connectivity index (χ2v) is 4.57. The Morgan fingerprint density at radius 3 is 2.84 bits per heavy atom. The molecule has 1 amide bonds. The van der Waals surface area contributed by atoms with Crippen LogP contribution in [0, 0.1) is 0 Å². The van der Waals surface area contributed by atoms with Gasteiger partial charge in [0.1, 0.15) is 0 Å². The minimum atomic E-state index is -0.363. The van der Waals surface area contributed by atoms with Gasteiger partial charge in [-0.25, -0.2) is 0 Å². The van der Waals surface area contributed by atoms with Crippen molar-refractivity contribution in [2.24, 2.45) is 0 Å². The number of alkyl halides is 1. The highest BCUT2D eigenvalue weighted by atomic mass is 35.5. The third-order valence-electron chi connectivity index (χ3n) is 2.55. The topological polar surface area (TPSA) is 67.8 Å². The van der Waals surface area contributed by atoms with Gasteiger partial charge in [-0.15, -0.1) is 11.6 Å². The van der Waals surface area contributed by atoms with E-state index in [1.165, 1.54) is 13.2 Å². The maximum absolute atomic E-state index is 11.9. The van der Waals surface area contributed by atoms with Crippen LogP contribution < -0.4 is 10.1 Å². The molecule has 6 heteroatoms. The maximum atomic E-state index is 11.9. The highest BCUT2D eigenvalue weighted by molar-refractivity contribution is 6.20. The van der Waals surface area contributed by atoms with Gasteiger partial charge < -0.3 is 19.9 Å². The Kier molecular flexibility index (Phi) is 6.45. The number of phenolic OH excluding ortho intramolecular Hbond substituents is 1. The molecule has 0 aliphatic rings. The Labute approximate surface area is 117 Å². The summed E-state index contributed by atoms with van der Waals surface area (Å²) in [4.78, 5) is 11.9. The first kappa shape index (κ1) is 15.6. The van der Waals surface area contributed by atoms with Crippen LogP contribution in [0.1, 0.15) is 16.8 Å². The first-order valence-corrected chi connectivity index (χ1v) is 6.31. The van der Waals surface area contributed by atoms with Crippen LogP contribution in [0.15, 0.2) is 18.2 Å². The predicted molar refractivity (Wildman–Crippen MR) is 73.1 cm³/mol. The molecule has 0 spiro atoms. The number of benzene rings is 1. The Hall–Kier alpha value is -1.46. The molecular weight excluding hydrogens is 270 g/mol. The van der Waals surface area contributed by atoms with E-state index < -0.39 is 0 Å². The summed E-state index contributed by atoms with van der Waals surface area (Å²) in [5.74, 6) is -0.262. The molecule has 0 radical (unpaired) electrons. The lowest BCUT2D eigenvalue weighted by atomic mass is 10.1. The number of rotatable bonds is 7. The standard InChI is InChI=1S/C13H18ClNO4/c1-18-8-9(14)6-7-15-13(17)10-4-3-5-11(19-2)12(10)16/h3-5,9,16H,6-8H2,1-2H3,(H,15,17). The summed E-state index contributed by atoms with van der Waals surface area (Å²) in [6.45, 7) is 0.842. The molecule has 0 saturated heterocycles. The van der Waals surface area contributed by atoms with E-state index in [2.05, 4.69) is 5.32 Å². The minimum absolute atomic E-state index is 0.149. The molecule has 1 rings (SSSR count). The molecule has 0 bridgehead atoms. The van der Waals surface area contributed by atoms with Crippen LogP contribution in [0.25, 0.3) is 0 Å². The predicted octanol–water partition coefficient (Wildman–Crippen LogP) is 1.77. The van der Waals surface area contributed by atoms with Crippen LogP contribution in [0.2, 0.25) is 0 Å². The van der Waals surface area contributed by atoms with Crippen molar-refractivity contribution >= 4 is 17.5 Å². The van der Waals surface area contributed by atoms with E-state index in [9.17, 15) is 9.90 Å². The molecule has 0 saturated carbocycles. The van der Waals surface area contributed by atoms with Crippen LogP contribution in [-0.2, 0) is 4.74 Å². The van der Waals surface area contributed by atoms with E-state index in [4.69, 9.17) is 21.1 Å². The lowest BCUT2D eigenvalue weighted by Gasteiger charge is -2.11. The molecular formula is C13H18ClNO4. The Morgan fingerprint density at radius 1 is 1.47 bits per heavy atom. The fraction of sp³-hybridized carbons (Fsp3) is 0.462. The maximum Gasteiger partial charge on any atom is 0.255 e. The van der Waals surface area contributed by atoms with Crippen LogP contribution in [0.4, 0.5) is 0 Å². The van der Waals surface area contributed by atoms with Crippen molar-refractivity contribution in [1.82, 2.24) is 5.32 Å². The molecule has 1 unspecified atom stereocenters. The smallest absolute Gasteiger partial charge is 0.255 e. The quantitative estimate of drug-likeness (QED) is 0.750. The van der Waals surface area contributed by atoms with E-state index in [1.807, 2.05) is 0 Å². The molecule has 0 aromatic heterocycles. The number of ether oxygens (including phenoxy) is 2. The molecule has 0 fully saturated rings. The van der Waals surface area contributed by atoms with Gasteiger partial charge in [-0.1, -0.05) is 6.07 Å². The average molecular weight is 288 g/mol. The Bertz CT molecular complexity index is 425. The molecule has 0 aliphatic carbocycles. The van der Waals surface area contributed by atoms with E-state index >= 15 is 0 Å². The number of nitrogens with one attached hydrogen (secondary N) is 1. The van der Waals surface area contributed by atoms with Gasteiger partial charge in [0.15, 0.2) is 11.5 Å². The summed E-state index contributed by atoms with van der Waals surface area (Å²) in [5, 5.41) is 12.4. The fourth-order valence-electron chi connectivity index (χ4n) is 1.57. The van der Waals surface area contributed by atoms with Gasteiger partial charge in [0.25, 0.3) is 5.91 Å². The molecule has 0 aliphatic heterocycles. The number of halogens is 1. The van der Waals surface area contributed by atoms with Crippen LogP contribution in [0.5, 0.6) is 11.5 Å². The van der Waals surface area contributed by atoms with Crippen LogP contribution in [0.3, 0.4) is 0 Å². The number of carbonyl (C=O) groups is 1. The number of amides is 1. The van der Waals surface area contributed by atoms with Gasteiger partial charge >= 0.3 is 0 Å². The van der Waals surface area contributed by atoms with Crippen LogP contribution in [-0.4, -0.2) is 43.8 Å². The SMILES string of the molecule is COCC(Cl)CCNC(=O)c1cccc(OC)c1O. The zero-order chi connectivity index (χ0) is 14.3. The largest absolute Gasteiger partial charge is 0.504 e. The molecule has 1 aromatic rings. The summed E-state index contributed by atoms with van der Waals surface area (Å²) in [5.41, 5.74) is 0.178. The first-order chi connectivity index (χ1) is 9.10. The molecule has 1 aromatic carbocycles. The third-order valence-corrected chi connectivity index (χ3v) is 2.90. The van der Waals surface area contributed by atoms with E-state index in [1.54, 1.807) is 19.2 Å². The number of hydrogen-bond donors (Lipinski definition) is 2. The van der Waals surface area contributed by atoms with Gasteiger partial charge in [0.2, 0.25) is 0 Å². The third kappa shape index (κ3) is 4.61. The van der Waals surface area contributed by atoms with Crippen molar-refractivity contribution in [1.29, 1.82) is 0 Å². The average Bonchev–Trinajstić information content (AvgIpc) is 2.39. The first-order valence-electron chi connectivity index (χ1n) is 5.87. The summed E-state index contributed by atoms with van der Waals surface area (Å²) in [6, 6.07) is 4.75. The van der Waals surface area contributed by atoms with E-state index in [-0.39, 0.29) is 28.3 Å². The molecule has 1 atom stereocenters. The van der Waals surface area contributed by atoms with Gasteiger partial charge in [-0.2, -0.15) is 0 Å². The molecule has 5 nitrogen and oxygen atoms in total. The van der Waals surface area contributed by atoms with Crippen LogP contribution >= 0.6 is 11.6 Å². The number of carbonyl (C=O) groups excluding carboxylic acids is 1. The highest BCUT2D eigenvalue weighted by Gasteiger charge is 2.14. The van der Waals surface area contributed by atoms with Crippen molar-refractivity contribution in [3.05, 3.63) is 23.8 Å². The van der Waals surface area contributed by atoms with Crippen molar-refractivity contribution in [3.8, 4) is 11.5 Å². The van der Waals surface area contributed by atoms with Gasteiger partial charge in [-0.3, -0.25) is 4.79 Å². The summed E-state index contributed by atoms with van der Waals surface area (Å²) >= 11 is 5.94. The summed E-state index contributed by atoms with van der Waals surface area (Å²) in [6.07, 6.45) is 0.589. The molecule has 106 valence electrons. The molecule has 2 N–H and O–H groups in total. The van der Waals surface area contributed by atoms with E-state index in [0.29, 0.717) is 19.6 Å². The van der Waals surface area contributed by atoms with Gasteiger partial charge in [0, 0.05) is 13.7 Å². The van der Waals surface area contributed by atoms with Gasteiger partial charge in [-0.05, 0) is 18.6 Å². The van der Waals surface area contributed by atoms with Crippen molar-refractivity contribution < 1.29 is 19.4 Å². The van der Waals surface area contributed by atoms with Crippen molar-refractivity contribution in [3.63, 3.8) is 0 Å². The normalized spacial score (nSPS) is 11.9. The minimum Gasteiger partial charge on any atom is -0.504 e. The number of methoxy groups -OCH3 is 2. The summed E-state index contributed by atoms with van der Waals surface area (Å²) < 4.78 is 9.84. The molecule has 19 heavy (non-hydrogen) atoms. The lowest BCUT2D eigenvalue weighted by molar-refractivity contribution is 0.0948. The highest BCUT2D eigenvalue weighted by Crippen LogP contribution is 2.29. The van der Waals surface area contributed by atoms with Crippen molar-refractivity contribution in [2.75, 3.05) is 27.4 Å². The number of phenols is 1. The summed E-state index contributed by atoms with van der Waals surface area (Å²) in [7, 11) is 3.00. The van der Waals surface area contributed by atoms with Gasteiger partial charge in [0.05, 0.1) is 24.7 Å². The zero-order valence-corrected chi connectivity index (χ0v) is 11.7. The Morgan fingerprint density at radius 2 is 2.21 bits per heavy atom. The van der Waals surface area contributed by atoms with E-state index in [0.717, 1.165) is 0 Å². The fourth-order valence-corrected chi connectivity index (χ4v) is 1.81.